The molecule has 0 saturated heterocycles. The van der Waals surface area contributed by atoms with Crippen LogP contribution in [-0.2, 0) is 12.8 Å². The third kappa shape index (κ3) is 7.65. The largest absolute Gasteiger partial charge is 0.292 e. The van der Waals surface area contributed by atoms with Crippen LogP contribution in [0.15, 0.2) is 156 Å². The van der Waals surface area contributed by atoms with Gasteiger partial charge in [0.1, 0.15) is 11.5 Å². The molecule has 0 fully saturated rings. The molecule has 0 spiro atoms. The Morgan fingerprint density at radius 3 is 1.51 bits per heavy atom. The summed E-state index contributed by atoms with van der Waals surface area (Å²) in [4.78, 5) is 11.4. The van der Waals surface area contributed by atoms with E-state index in [0.29, 0.717) is 0 Å². The van der Waals surface area contributed by atoms with Gasteiger partial charge in [0.15, 0.2) is 0 Å². The van der Waals surface area contributed by atoms with Gasteiger partial charge < -0.3 is 0 Å². The normalized spacial score (nSPS) is 12.2. The van der Waals surface area contributed by atoms with Gasteiger partial charge in [-0.05, 0) is 100 Å². The summed E-state index contributed by atoms with van der Waals surface area (Å²) in [6.45, 7) is 4.58. The monoisotopic (exact) mass is 962 g/mol. The first-order chi connectivity index (χ1) is 34.1. The fourth-order valence-corrected chi connectivity index (χ4v) is 12.1. The van der Waals surface area contributed by atoms with Gasteiger partial charge in [-0.1, -0.05) is 209 Å². The van der Waals surface area contributed by atoms with E-state index in [-0.39, 0.29) is 0 Å². The molecule has 0 N–H and O–H groups in total. The first-order valence-corrected chi connectivity index (χ1v) is 26.6. The van der Waals surface area contributed by atoms with Crippen LogP contribution in [-0.4, -0.2) is 18.9 Å². The highest BCUT2D eigenvalue weighted by molar-refractivity contribution is 9.10. The van der Waals surface area contributed by atoms with E-state index < -0.39 is 0 Å². The van der Waals surface area contributed by atoms with Gasteiger partial charge in [-0.2, -0.15) is 0 Å². The van der Waals surface area contributed by atoms with E-state index in [1.807, 2.05) is 0 Å². The molecule has 0 amide bonds. The van der Waals surface area contributed by atoms with Gasteiger partial charge in [-0.15, -0.1) is 0 Å². The van der Waals surface area contributed by atoms with E-state index in [9.17, 15) is 0 Å². The van der Waals surface area contributed by atoms with E-state index in [2.05, 4.69) is 190 Å². The van der Waals surface area contributed by atoms with Gasteiger partial charge >= 0.3 is 0 Å². The summed E-state index contributed by atoms with van der Waals surface area (Å²) >= 11 is 4.24. The number of aromatic nitrogens is 4. The average Bonchev–Trinajstić information content (AvgIpc) is 4.00. The summed E-state index contributed by atoms with van der Waals surface area (Å²) in [5.74, 6) is 0.922. The molecule has 342 valence electrons. The second-order valence-electron chi connectivity index (χ2n) is 19.5. The number of fused-ring (bicyclic) bond motifs is 19. The number of aryl methyl sites for hydroxylation is 2. The molecule has 0 aliphatic rings. The number of pyridine rings is 1. The quantitative estimate of drug-likeness (QED) is 0.0714. The van der Waals surface area contributed by atoms with Crippen LogP contribution in [0.25, 0.3) is 110 Å². The predicted molar refractivity (Wildman–Crippen MR) is 300 cm³/mol. The van der Waals surface area contributed by atoms with Gasteiger partial charge in [-0.25, -0.2) is 9.97 Å². The van der Waals surface area contributed by atoms with E-state index in [1.165, 1.54) is 142 Å². The van der Waals surface area contributed by atoms with Gasteiger partial charge in [0.25, 0.3) is 0 Å². The Labute approximate surface area is 413 Å². The lowest BCUT2D eigenvalue weighted by Crippen LogP contribution is -2.00. The molecule has 0 atom stereocenters. The minimum atomic E-state index is 0.922. The van der Waals surface area contributed by atoms with Crippen molar-refractivity contribution in [2.75, 3.05) is 0 Å². The second kappa shape index (κ2) is 18.7. The first kappa shape index (κ1) is 43.7. The molecule has 0 aliphatic heterocycles. The van der Waals surface area contributed by atoms with E-state index in [4.69, 9.17) is 9.97 Å². The van der Waals surface area contributed by atoms with Crippen LogP contribution in [0.1, 0.15) is 102 Å². The van der Waals surface area contributed by atoms with Crippen LogP contribution in [0.3, 0.4) is 0 Å². The summed E-state index contributed by atoms with van der Waals surface area (Å²) < 4.78 is 5.89. The SMILES string of the molecule is CCCCCCCCc1ccc(-n2c(-c3cc4c5cc(CCCCCCCC)ccc5n5c(nc6c7ccccc7c7ccccc7c65)c4cc3Br)nc3c4ccccc4c4ccccc4c32)cc1. The van der Waals surface area contributed by atoms with Crippen molar-refractivity contribution in [1.29, 1.82) is 0 Å². The number of nitrogens with zero attached hydrogens (tertiary/aromatic N) is 4. The molecule has 0 saturated carbocycles. The second-order valence-corrected chi connectivity index (χ2v) is 20.4. The van der Waals surface area contributed by atoms with Gasteiger partial charge in [-0.3, -0.25) is 8.97 Å². The number of hydrogen-bond acceptors (Lipinski definition) is 2. The van der Waals surface area contributed by atoms with Crippen molar-refractivity contribution in [2.24, 2.45) is 0 Å². The van der Waals surface area contributed by atoms with Crippen molar-refractivity contribution in [3.8, 4) is 17.1 Å². The standard InChI is InChI=1S/C64H59BrN4/c1-3-5-7-9-11-13-23-42-33-36-44(37-34-42)68-61-51-31-21-17-27-47(51)45-25-15-19-29-49(45)59(61)67-64(68)56-40-53-54-39-43(24-14-12-10-8-6-4-2)35-38-58(54)69-62-52-32-22-18-28-48(52)46-26-16-20-30-50(46)60(62)66-63(69)55(53)41-57(56)65/h15-22,25-41H,3-14,23-24H2,1-2H3. The summed E-state index contributed by atoms with van der Waals surface area (Å²) in [5, 5.41) is 13.3. The minimum Gasteiger partial charge on any atom is -0.292 e. The highest BCUT2D eigenvalue weighted by Gasteiger charge is 2.25. The van der Waals surface area contributed by atoms with Crippen molar-refractivity contribution >= 4 is 108 Å². The summed E-state index contributed by atoms with van der Waals surface area (Å²) in [6, 6.07) is 56.7. The van der Waals surface area contributed by atoms with Crippen LogP contribution < -0.4 is 0 Å². The molecule has 9 aromatic carbocycles. The number of unbranched alkanes of at least 4 members (excludes halogenated alkanes) is 10. The number of rotatable bonds is 16. The van der Waals surface area contributed by atoms with Gasteiger partial charge in [0.2, 0.25) is 0 Å². The van der Waals surface area contributed by atoms with Crippen molar-refractivity contribution in [3.05, 3.63) is 167 Å². The molecule has 0 unspecified atom stereocenters. The Kier molecular flexibility index (Phi) is 11.9. The topological polar surface area (TPSA) is 35.1 Å². The highest BCUT2D eigenvalue weighted by Crippen LogP contribution is 2.45. The molecule has 4 nitrogen and oxygen atoms in total. The van der Waals surface area contributed by atoms with Crippen LogP contribution >= 0.6 is 15.9 Å². The summed E-state index contributed by atoms with van der Waals surface area (Å²) in [7, 11) is 0. The van der Waals surface area contributed by atoms with Crippen molar-refractivity contribution in [2.45, 2.75) is 104 Å². The Bertz CT molecular complexity index is 3890. The molecular formula is C64H59BrN4. The first-order valence-electron chi connectivity index (χ1n) is 25.8. The van der Waals surface area contributed by atoms with Crippen LogP contribution in [0.2, 0.25) is 0 Å². The lowest BCUT2D eigenvalue weighted by Gasteiger charge is -2.16. The number of benzene rings is 9. The molecule has 12 aromatic rings. The fourth-order valence-electron chi connectivity index (χ4n) is 11.6. The molecule has 12 rings (SSSR count). The van der Waals surface area contributed by atoms with E-state index in [0.717, 1.165) is 72.9 Å². The minimum absolute atomic E-state index is 0.922. The Morgan fingerprint density at radius 2 is 0.899 bits per heavy atom. The zero-order valence-corrected chi connectivity index (χ0v) is 41.6. The Morgan fingerprint density at radius 1 is 0.406 bits per heavy atom. The molecule has 3 heterocycles. The zero-order chi connectivity index (χ0) is 46.4. The highest BCUT2D eigenvalue weighted by atomic mass is 79.9. The van der Waals surface area contributed by atoms with Crippen LogP contribution in [0.5, 0.6) is 0 Å². The lowest BCUT2D eigenvalue weighted by atomic mass is 9.98. The Hall–Kier alpha value is -6.56. The molecule has 5 heteroatoms. The van der Waals surface area contributed by atoms with Gasteiger partial charge in [0, 0.05) is 48.0 Å². The zero-order valence-electron chi connectivity index (χ0n) is 40.0. The summed E-state index contributed by atoms with van der Waals surface area (Å²) in [6.07, 6.45) is 17.6. The van der Waals surface area contributed by atoms with Gasteiger partial charge in [0.05, 0.1) is 27.6 Å². The van der Waals surface area contributed by atoms with E-state index in [1.54, 1.807) is 0 Å². The molecule has 3 aromatic heterocycles. The molecule has 69 heavy (non-hydrogen) atoms. The third-order valence-corrected chi connectivity index (χ3v) is 15.7. The lowest BCUT2D eigenvalue weighted by molar-refractivity contribution is 0.607. The molecule has 0 radical (unpaired) electrons. The summed E-state index contributed by atoms with van der Waals surface area (Å²) in [5.41, 5.74) is 11.4. The average molecular weight is 964 g/mol. The maximum absolute atomic E-state index is 5.76. The smallest absolute Gasteiger partial charge is 0.146 e. The predicted octanol–water partition coefficient (Wildman–Crippen LogP) is 19.0. The number of hydrogen-bond donors (Lipinski definition) is 0. The fraction of sp³-hybridized carbons (Fsp3) is 0.250. The molecule has 0 aliphatic carbocycles. The van der Waals surface area contributed by atoms with E-state index >= 15 is 0 Å². The molecule has 0 bridgehead atoms. The number of halogens is 1. The third-order valence-electron chi connectivity index (χ3n) is 15.1. The van der Waals surface area contributed by atoms with Crippen molar-refractivity contribution in [1.82, 2.24) is 18.9 Å². The maximum Gasteiger partial charge on any atom is 0.146 e. The Balaban J connectivity index is 1.11. The number of imidazole rings is 2. The van der Waals surface area contributed by atoms with Crippen LogP contribution in [0, 0.1) is 0 Å². The maximum atomic E-state index is 5.76. The molecular weight excluding hydrogens is 905 g/mol. The van der Waals surface area contributed by atoms with Crippen molar-refractivity contribution < 1.29 is 0 Å². The van der Waals surface area contributed by atoms with Crippen LogP contribution in [0.4, 0.5) is 0 Å². The van der Waals surface area contributed by atoms with Crippen molar-refractivity contribution in [3.63, 3.8) is 0 Å².